The maximum absolute atomic E-state index is 11.6. The molecule has 0 spiro atoms. The van der Waals surface area contributed by atoms with E-state index in [2.05, 4.69) is 21.2 Å². The fourth-order valence-corrected chi connectivity index (χ4v) is 1.64. The van der Waals surface area contributed by atoms with E-state index in [1.54, 1.807) is 6.26 Å². The quantitative estimate of drug-likeness (QED) is 0.904. The normalized spacial score (nSPS) is 17.9. The van der Waals surface area contributed by atoms with Crippen molar-refractivity contribution >= 4 is 21.8 Å². The highest BCUT2D eigenvalue weighted by Crippen LogP contribution is 2.45. The molecule has 1 fully saturated rings. The molecule has 0 radical (unpaired) electrons. The molecule has 0 aliphatic heterocycles. The summed E-state index contributed by atoms with van der Waals surface area (Å²) in [5.41, 5.74) is 0.885. The molecule has 0 bridgehead atoms. The number of halogens is 1. The fourth-order valence-electron chi connectivity index (χ4n) is 1.25. The van der Waals surface area contributed by atoms with Gasteiger partial charge in [0.1, 0.15) is 0 Å². The third-order valence-corrected chi connectivity index (χ3v) is 3.04. The summed E-state index contributed by atoms with van der Waals surface area (Å²) in [5, 5.41) is 2.89. The summed E-state index contributed by atoms with van der Waals surface area (Å²) in [6.07, 6.45) is 3.65. The van der Waals surface area contributed by atoms with Gasteiger partial charge >= 0.3 is 0 Å². The lowest BCUT2D eigenvalue weighted by Crippen LogP contribution is -2.29. The van der Waals surface area contributed by atoms with Crippen molar-refractivity contribution in [3.63, 3.8) is 0 Å². The van der Waals surface area contributed by atoms with Gasteiger partial charge in [0.15, 0.2) is 4.67 Å². The molecule has 0 atom stereocenters. The molecule has 1 aliphatic rings. The SMILES string of the molecule is CC1(C(=O)NCc2coc(Br)c2)CC1. The zero-order valence-corrected chi connectivity index (χ0v) is 9.56. The average Bonchev–Trinajstić information content (AvgIpc) is 2.76. The predicted molar refractivity (Wildman–Crippen MR) is 55.6 cm³/mol. The molecule has 1 saturated carbocycles. The first-order chi connectivity index (χ1) is 6.60. The first-order valence-corrected chi connectivity index (χ1v) is 5.41. The van der Waals surface area contributed by atoms with Gasteiger partial charge in [-0.1, -0.05) is 6.92 Å². The van der Waals surface area contributed by atoms with Gasteiger partial charge in [-0.05, 0) is 34.8 Å². The van der Waals surface area contributed by atoms with Crippen molar-refractivity contribution < 1.29 is 9.21 Å². The largest absolute Gasteiger partial charge is 0.457 e. The molecule has 2 rings (SSSR count). The van der Waals surface area contributed by atoms with Crippen LogP contribution in [0.5, 0.6) is 0 Å². The lowest BCUT2D eigenvalue weighted by atomic mass is 10.1. The van der Waals surface area contributed by atoms with E-state index in [9.17, 15) is 4.79 Å². The molecule has 1 aromatic rings. The highest BCUT2D eigenvalue weighted by atomic mass is 79.9. The number of hydrogen-bond donors (Lipinski definition) is 1. The van der Waals surface area contributed by atoms with Crippen LogP contribution in [0, 0.1) is 5.41 Å². The first kappa shape index (κ1) is 9.77. The van der Waals surface area contributed by atoms with E-state index in [0.717, 1.165) is 18.4 Å². The molecule has 0 saturated heterocycles. The van der Waals surface area contributed by atoms with Crippen LogP contribution in [0.15, 0.2) is 21.4 Å². The van der Waals surface area contributed by atoms with Gasteiger partial charge in [-0.15, -0.1) is 0 Å². The van der Waals surface area contributed by atoms with Crippen molar-refractivity contribution in [3.05, 3.63) is 22.6 Å². The maximum atomic E-state index is 11.6. The van der Waals surface area contributed by atoms with Crippen LogP contribution in [0.1, 0.15) is 25.3 Å². The first-order valence-electron chi connectivity index (χ1n) is 4.61. The molecule has 14 heavy (non-hydrogen) atoms. The van der Waals surface area contributed by atoms with Crippen molar-refractivity contribution in [2.45, 2.75) is 26.3 Å². The summed E-state index contributed by atoms with van der Waals surface area (Å²) in [6, 6.07) is 1.86. The van der Waals surface area contributed by atoms with Crippen molar-refractivity contribution in [3.8, 4) is 0 Å². The highest BCUT2D eigenvalue weighted by Gasteiger charge is 2.44. The van der Waals surface area contributed by atoms with Gasteiger partial charge < -0.3 is 9.73 Å². The lowest BCUT2D eigenvalue weighted by Gasteiger charge is -2.08. The summed E-state index contributed by atoms with van der Waals surface area (Å²) in [6.45, 7) is 2.54. The van der Waals surface area contributed by atoms with Gasteiger partial charge in [-0.2, -0.15) is 0 Å². The summed E-state index contributed by atoms with van der Waals surface area (Å²) in [7, 11) is 0. The minimum atomic E-state index is -0.0963. The topological polar surface area (TPSA) is 42.2 Å². The molecule has 1 heterocycles. The van der Waals surface area contributed by atoms with Gasteiger partial charge in [-0.25, -0.2) is 0 Å². The van der Waals surface area contributed by atoms with Crippen molar-refractivity contribution in [1.29, 1.82) is 0 Å². The van der Waals surface area contributed by atoms with E-state index >= 15 is 0 Å². The number of rotatable bonds is 3. The van der Waals surface area contributed by atoms with Gasteiger partial charge in [0.05, 0.1) is 6.26 Å². The third kappa shape index (κ3) is 2.00. The van der Waals surface area contributed by atoms with E-state index in [0.29, 0.717) is 11.2 Å². The number of carbonyl (C=O) groups excluding carboxylic acids is 1. The minimum Gasteiger partial charge on any atom is -0.457 e. The fraction of sp³-hybridized carbons (Fsp3) is 0.500. The number of hydrogen-bond acceptors (Lipinski definition) is 2. The molecule has 1 aromatic heterocycles. The Morgan fingerprint density at radius 2 is 2.43 bits per heavy atom. The van der Waals surface area contributed by atoms with E-state index in [-0.39, 0.29) is 11.3 Å². The number of carbonyl (C=O) groups is 1. The Labute approximate surface area is 91.0 Å². The van der Waals surface area contributed by atoms with Crippen LogP contribution >= 0.6 is 15.9 Å². The number of nitrogens with one attached hydrogen (secondary N) is 1. The van der Waals surface area contributed by atoms with Crippen LogP contribution in [0.25, 0.3) is 0 Å². The molecule has 4 heteroatoms. The van der Waals surface area contributed by atoms with Crippen LogP contribution in [-0.4, -0.2) is 5.91 Å². The van der Waals surface area contributed by atoms with E-state index in [4.69, 9.17) is 4.42 Å². The molecule has 3 nitrogen and oxygen atoms in total. The summed E-state index contributed by atoms with van der Waals surface area (Å²) >= 11 is 3.21. The van der Waals surface area contributed by atoms with Crippen molar-refractivity contribution in [2.24, 2.45) is 5.41 Å². The summed E-state index contributed by atoms with van der Waals surface area (Å²) in [4.78, 5) is 11.6. The van der Waals surface area contributed by atoms with E-state index in [1.165, 1.54) is 0 Å². The molecule has 0 unspecified atom stereocenters. The smallest absolute Gasteiger partial charge is 0.226 e. The Kier molecular flexibility index (Phi) is 2.39. The molecule has 1 N–H and O–H groups in total. The summed E-state index contributed by atoms with van der Waals surface area (Å²) in [5.74, 6) is 0.148. The second-order valence-corrected chi connectivity index (χ2v) is 4.78. The molecule has 0 aromatic carbocycles. The molecule has 1 amide bonds. The monoisotopic (exact) mass is 257 g/mol. The highest BCUT2D eigenvalue weighted by molar-refractivity contribution is 9.10. The van der Waals surface area contributed by atoms with Gasteiger partial charge in [-0.3, -0.25) is 4.79 Å². The van der Waals surface area contributed by atoms with Crippen LogP contribution in [0.2, 0.25) is 0 Å². The lowest BCUT2D eigenvalue weighted by molar-refractivity contribution is -0.125. The standard InChI is InChI=1S/C10H12BrNO2/c1-10(2-3-10)9(13)12-5-7-4-8(11)14-6-7/h4,6H,2-3,5H2,1H3,(H,12,13). The minimum absolute atomic E-state index is 0.0963. The Bertz CT molecular complexity index is 355. The molecule has 76 valence electrons. The van der Waals surface area contributed by atoms with E-state index in [1.807, 2.05) is 13.0 Å². The molecular formula is C10H12BrNO2. The van der Waals surface area contributed by atoms with Crippen molar-refractivity contribution in [1.82, 2.24) is 5.32 Å². The van der Waals surface area contributed by atoms with Crippen LogP contribution in [0.3, 0.4) is 0 Å². The zero-order chi connectivity index (χ0) is 10.2. The summed E-state index contributed by atoms with van der Waals surface area (Å²) < 4.78 is 5.76. The van der Waals surface area contributed by atoms with Gasteiger partial charge in [0.25, 0.3) is 0 Å². The Morgan fingerprint density at radius 1 is 1.71 bits per heavy atom. The molecule has 1 aliphatic carbocycles. The third-order valence-electron chi connectivity index (χ3n) is 2.62. The second-order valence-electron chi connectivity index (χ2n) is 4.00. The maximum Gasteiger partial charge on any atom is 0.226 e. The van der Waals surface area contributed by atoms with Crippen LogP contribution < -0.4 is 5.32 Å². The van der Waals surface area contributed by atoms with Gasteiger partial charge in [0.2, 0.25) is 5.91 Å². The second kappa shape index (κ2) is 3.42. The Hall–Kier alpha value is -0.770. The van der Waals surface area contributed by atoms with Crippen LogP contribution in [0.4, 0.5) is 0 Å². The number of furan rings is 1. The van der Waals surface area contributed by atoms with E-state index < -0.39 is 0 Å². The predicted octanol–water partition coefficient (Wildman–Crippen LogP) is 2.46. The van der Waals surface area contributed by atoms with Gasteiger partial charge in [0, 0.05) is 17.5 Å². The zero-order valence-electron chi connectivity index (χ0n) is 7.97. The Morgan fingerprint density at radius 3 is 2.93 bits per heavy atom. The van der Waals surface area contributed by atoms with Crippen molar-refractivity contribution in [2.75, 3.05) is 0 Å². The number of amides is 1. The Balaban J connectivity index is 1.85. The molecular weight excluding hydrogens is 246 g/mol. The average molecular weight is 258 g/mol. The van der Waals surface area contributed by atoms with Crippen LogP contribution in [-0.2, 0) is 11.3 Å².